The number of hydrogen-bond donors (Lipinski definition) is 0. The lowest BCUT2D eigenvalue weighted by Gasteiger charge is -2.14. The average Bonchev–Trinajstić information content (AvgIpc) is 3.84. The summed E-state index contributed by atoms with van der Waals surface area (Å²) in [4.78, 5) is 20.7. The van der Waals surface area contributed by atoms with Crippen LogP contribution in [0.4, 0.5) is 0 Å². The molecule has 0 fully saturated rings. The molecule has 3 aromatic heterocycles. The molecule has 0 aliphatic heterocycles. The summed E-state index contributed by atoms with van der Waals surface area (Å²) in [5.74, 6) is 1.86. The van der Waals surface area contributed by atoms with Crippen molar-refractivity contribution in [2.45, 2.75) is 0 Å². The van der Waals surface area contributed by atoms with Gasteiger partial charge in [0.25, 0.3) is 0 Å². The molecule has 8 aromatic carbocycles. The number of aromatic nitrogens is 4. The maximum absolute atomic E-state index is 6.53. The van der Waals surface area contributed by atoms with E-state index in [0.29, 0.717) is 17.5 Å². The molecule has 0 spiro atoms. The second kappa shape index (κ2) is 12.3. The number of rotatable bonds is 5. The first-order valence-electron chi connectivity index (χ1n) is 17.9. The molecular formula is C48H28N4OS. The van der Waals surface area contributed by atoms with Crippen molar-refractivity contribution >= 4 is 65.0 Å². The van der Waals surface area contributed by atoms with Crippen LogP contribution in [0.15, 0.2) is 174 Å². The van der Waals surface area contributed by atoms with Gasteiger partial charge in [0.15, 0.2) is 17.5 Å². The van der Waals surface area contributed by atoms with Crippen LogP contribution in [0.3, 0.4) is 0 Å². The van der Waals surface area contributed by atoms with E-state index in [1.807, 2.05) is 48.5 Å². The van der Waals surface area contributed by atoms with Crippen molar-refractivity contribution in [3.05, 3.63) is 170 Å². The third kappa shape index (κ3) is 5.07. The second-order valence-corrected chi connectivity index (χ2v) is 14.4. The summed E-state index contributed by atoms with van der Waals surface area (Å²) < 4.78 is 7.64. The maximum atomic E-state index is 6.53. The Hall–Kier alpha value is -7.02. The zero-order valence-electron chi connectivity index (χ0n) is 28.8. The Labute approximate surface area is 313 Å². The number of furan rings is 1. The van der Waals surface area contributed by atoms with Crippen LogP contribution in [0.25, 0.3) is 110 Å². The maximum Gasteiger partial charge on any atom is 0.164 e. The Bertz CT molecular complexity index is 3220. The molecule has 6 heteroatoms. The minimum absolute atomic E-state index is 0.611. The van der Waals surface area contributed by atoms with Crippen LogP contribution in [0.2, 0.25) is 0 Å². The zero-order valence-corrected chi connectivity index (χ0v) is 29.6. The molecular weight excluding hydrogens is 681 g/mol. The van der Waals surface area contributed by atoms with Gasteiger partial charge in [-0.25, -0.2) is 19.9 Å². The topological polar surface area (TPSA) is 64.7 Å². The van der Waals surface area contributed by atoms with Crippen molar-refractivity contribution in [1.29, 1.82) is 0 Å². The summed E-state index contributed by atoms with van der Waals surface area (Å²) in [6.45, 7) is 0. The number of fused-ring (bicyclic) bond motifs is 6. The van der Waals surface area contributed by atoms with E-state index >= 15 is 0 Å². The molecule has 0 N–H and O–H groups in total. The third-order valence-corrected chi connectivity index (χ3v) is 11.2. The van der Waals surface area contributed by atoms with Crippen molar-refractivity contribution in [3.63, 3.8) is 0 Å². The molecule has 0 aliphatic rings. The van der Waals surface area contributed by atoms with E-state index in [0.717, 1.165) is 86.7 Å². The number of hydrogen-bond acceptors (Lipinski definition) is 6. The van der Waals surface area contributed by atoms with E-state index in [1.165, 1.54) is 5.39 Å². The Morgan fingerprint density at radius 3 is 1.85 bits per heavy atom. The van der Waals surface area contributed by atoms with Crippen LogP contribution in [-0.2, 0) is 0 Å². The fraction of sp³-hybridized carbons (Fsp3) is 0. The molecule has 0 radical (unpaired) electrons. The quantitative estimate of drug-likeness (QED) is 0.178. The number of benzene rings is 8. The molecule has 11 rings (SSSR count). The van der Waals surface area contributed by atoms with Gasteiger partial charge < -0.3 is 4.42 Å². The van der Waals surface area contributed by atoms with Gasteiger partial charge in [-0.05, 0) is 51.4 Å². The monoisotopic (exact) mass is 708 g/mol. The van der Waals surface area contributed by atoms with Crippen molar-refractivity contribution in [2.24, 2.45) is 0 Å². The SMILES string of the molecule is c1ccc(-c2nc(-c3ccc4ccccc4c3)nc(-c3cc(-c4c5sc(-c6ccccc6)nc5cc5oc6ccccc6c45)cc4ccccc34)n2)cc1. The van der Waals surface area contributed by atoms with Gasteiger partial charge in [0, 0.05) is 44.7 Å². The van der Waals surface area contributed by atoms with Crippen LogP contribution in [0.5, 0.6) is 0 Å². The molecule has 3 heterocycles. The number of thiazole rings is 1. The van der Waals surface area contributed by atoms with Crippen LogP contribution in [0, 0.1) is 0 Å². The average molecular weight is 709 g/mol. The molecule has 0 bridgehead atoms. The Balaban J connectivity index is 1.21. The molecule has 0 saturated carbocycles. The van der Waals surface area contributed by atoms with Gasteiger partial charge in [-0.1, -0.05) is 140 Å². The van der Waals surface area contributed by atoms with Crippen molar-refractivity contribution in [3.8, 4) is 55.9 Å². The fourth-order valence-corrected chi connectivity index (χ4v) is 8.68. The van der Waals surface area contributed by atoms with Gasteiger partial charge in [0.1, 0.15) is 16.2 Å². The van der Waals surface area contributed by atoms with Crippen molar-refractivity contribution in [2.75, 3.05) is 0 Å². The third-order valence-electron chi connectivity index (χ3n) is 10.1. The van der Waals surface area contributed by atoms with Crippen LogP contribution in [-0.4, -0.2) is 19.9 Å². The molecule has 0 unspecified atom stereocenters. The summed E-state index contributed by atoms with van der Waals surface area (Å²) >= 11 is 1.71. The first-order chi connectivity index (χ1) is 26.7. The predicted octanol–water partition coefficient (Wildman–Crippen LogP) is 13.0. The summed E-state index contributed by atoms with van der Waals surface area (Å²) in [5, 5.41) is 7.56. The summed E-state index contributed by atoms with van der Waals surface area (Å²) in [5.41, 5.74) is 8.57. The van der Waals surface area contributed by atoms with E-state index in [-0.39, 0.29) is 0 Å². The molecule has 5 nitrogen and oxygen atoms in total. The predicted molar refractivity (Wildman–Crippen MR) is 222 cm³/mol. The highest BCUT2D eigenvalue weighted by molar-refractivity contribution is 7.22. The van der Waals surface area contributed by atoms with Gasteiger partial charge in [0.05, 0.1) is 10.2 Å². The Morgan fingerprint density at radius 1 is 0.407 bits per heavy atom. The fourth-order valence-electron chi connectivity index (χ4n) is 7.56. The first-order valence-corrected chi connectivity index (χ1v) is 18.7. The smallest absolute Gasteiger partial charge is 0.164 e. The van der Waals surface area contributed by atoms with Crippen molar-refractivity contribution in [1.82, 2.24) is 19.9 Å². The lowest BCUT2D eigenvalue weighted by molar-refractivity contribution is 0.669. The highest BCUT2D eigenvalue weighted by Gasteiger charge is 2.22. The molecule has 54 heavy (non-hydrogen) atoms. The van der Waals surface area contributed by atoms with Crippen LogP contribution in [0.1, 0.15) is 0 Å². The van der Waals surface area contributed by atoms with Gasteiger partial charge in [0.2, 0.25) is 0 Å². The van der Waals surface area contributed by atoms with Gasteiger partial charge in [-0.2, -0.15) is 0 Å². The number of nitrogens with zero attached hydrogens (tertiary/aromatic N) is 4. The Morgan fingerprint density at radius 2 is 1.04 bits per heavy atom. The standard InChI is InChI=1S/C48H28N4OS/c1-3-14-30(15-4-1)45-50-46(34-24-23-29-13-7-8-18-32(29)25-34)52-47(51-45)38-27-35(26-33-19-9-10-20-36(33)38)42-43-37-21-11-12-22-40(37)53-41(43)28-39-44(42)54-48(49-39)31-16-5-2-6-17-31/h1-28H. The van der Waals surface area contributed by atoms with Gasteiger partial charge in [-0.3, -0.25) is 0 Å². The van der Waals surface area contributed by atoms with E-state index in [9.17, 15) is 0 Å². The molecule has 11 aromatic rings. The van der Waals surface area contributed by atoms with E-state index in [1.54, 1.807) is 11.3 Å². The summed E-state index contributed by atoms with van der Waals surface area (Å²) in [7, 11) is 0. The van der Waals surface area contributed by atoms with E-state index < -0.39 is 0 Å². The second-order valence-electron chi connectivity index (χ2n) is 13.4. The first kappa shape index (κ1) is 30.6. The number of para-hydroxylation sites is 1. The normalized spacial score (nSPS) is 11.7. The molecule has 252 valence electrons. The van der Waals surface area contributed by atoms with Gasteiger partial charge in [-0.15, -0.1) is 11.3 Å². The molecule has 0 aliphatic carbocycles. The van der Waals surface area contributed by atoms with E-state index in [4.69, 9.17) is 24.4 Å². The summed E-state index contributed by atoms with van der Waals surface area (Å²) in [6, 6.07) is 58.6. The van der Waals surface area contributed by atoms with Crippen LogP contribution < -0.4 is 0 Å². The minimum Gasteiger partial charge on any atom is -0.456 e. The van der Waals surface area contributed by atoms with Crippen LogP contribution >= 0.6 is 11.3 Å². The molecule has 0 saturated heterocycles. The zero-order chi connectivity index (χ0) is 35.6. The van der Waals surface area contributed by atoms with Gasteiger partial charge >= 0.3 is 0 Å². The lowest BCUT2D eigenvalue weighted by Crippen LogP contribution is -2.01. The van der Waals surface area contributed by atoms with Crippen molar-refractivity contribution < 1.29 is 4.42 Å². The largest absolute Gasteiger partial charge is 0.456 e. The molecule has 0 amide bonds. The highest BCUT2D eigenvalue weighted by atomic mass is 32.1. The lowest BCUT2D eigenvalue weighted by atomic mass is 9.93. The van der Waals surface area contributed by atoms with E-state index in [2.05, 4.69) is 121 Å². The minimum atomic E-state index is 0.611. The highest BCUT2D eigenvalue weighted by Crippen LogP contribution is 2.47. The Kier molecular flexibility index (Phi) is 6.97. The molecule has 0 atom stereocenters. The summed E-state index contributed by atoms with van der Waals surface area (Å²) in [6.07, 6.45) is 0.